The van der Waals surface area contributed by atoms with Crippen LogP contribution in [0.25, 0.3) is 0 Å². The summed E-state index contributed by atoms with van der Waals surface area (Å²) >= 11 is 3.31. The van der Waals surface area contributed by atoms with Crippen molar-refractivity contribution in [3.8, 4) is 5.88 Å². The molecule has 0 aliphatic heterocycles. The van der Waals surface area contributed by atoms with Gasteiger partial charge in [-0.05, 0) is 40.8 Å². The van der Waals surface area contributed by atoms with E-state index in [-0.39, 0.29) is 11.9 Å². The highest BCUT2D eigenvalue weighted by Gasteiger charge is 2.35. The number of carbonyl (C=O) groups is 1. The maximum absolute atomic E-state index is 11.2. The fraction of sp³-hybridized carbons (Fsp3) is 0.500. The molecule has 1 aromatic heterocycles. The number of rotatable bonds is 4. The van der Waals surface area contributed by atoms with Gasteiger partial charge in [-0.1, -0.05) is 0 Å². The summed E-state index contributed by atoms with van der Waals surface area (Å²) in [5, 5.41) is 0. The molecule has 1 heterocycles. The van der Waals surface area contributed by atoms with E-state index in [2.05, 4.69) is 25.7 Å². The topological polar surface area (TPSA) is 48.4 Å². The molecule has 0 saturated heterocycles. The zero-order chi connectivity index (χ0) is 12.3. The molecule has 1 fully saturated rings. The van der Waals surface area contributed by atoms with Crippen LogP contribution in [0.4, 0.5) is 0 Å². The van der Waals surface area contributed by atoms with Gasteiger partial charge in [-0.2, -0.15) is 0 Å². The minimum absolute atomic E-state index is 0.0616. The van der Waals surface area contributed by atoms with Crippen molar-refractivity contribution in [3.05, 3.63) is 22.8 Å². The summed E-state index contributed by atoms with van der Waals surface area (Å²) in [4.78, 5) is 15.3. The standard InChI is InChI=1S/C12H14BrNO3/c1-16-12(15)9-4-8(5-9)7-17-11-3-2-10(13)6-14-11/h2-3,6,8-9H,4-5,7H2,1H3. The van der Waals surface area contributed by atoms with E-state index < -0.39 is 0 Å². The summed E-state index contributed by atoms with van der Waals surface area (Å²) < 4.78 is 11.2. The van der Waals surface area contributed by atoms with Crippen molar-refractivity contribution in [1.29, 1.82) is 0 Å². The van der Waals surface area contributed by atoms with Gasteiger partial charge < -0.3 is 9.47 Å². The van der Waals surface area contributed by atoms with Crippen LogP contribution in [0, 0.1) is 11.8 Å². The molecule has 1 saturated carbocycles. The van der Waals surface area contributed by atoms with Crippen LogP contribution < -0.4 is 4.74 Å². The van der Waals surface area contributed by atoms with Crippen LogP contribution in [0.15, 0.2) is 22.8 Å². The Morgan fingerprint density at radius 2 is 2.29 bits per heavy atom. The number of pyridine rings is 1. The number of methoxy groups -OCH3 is 1. The molecule has 92 valence electrons. The van der Waals surface area contributed by atoms with Gasteiger partial charge in [-0.3, -0.25) is 4.79 Å². The Labute approximate surface area is 108 Å². The molecule has 17 heavy (non-hydrogen) atoms. The second kappa shape index (κ2) is 5.49. The van der Waals surface area contributed by atoms with Crippen LogP contribution >= 0.6 is 15.9 Å². The zero-order valence-electron chi connectivity index (χ0n) is 9.56. The first-order valence-corrected chi connectivity index (χ1v) is 6.30. The fourth-order valence-corrected chi connectivity index (χ4v) is 2.12. The number of esters is 1. The van der Waals surface area contributed by atoms with Crippen molar-refractivity contribution in [3.63, 3.8) is 0 Å². The smallest absolute Gasteiger partial charge is 0.308 e. The number of aromatic nitrogens is 1. The van der Waals surface area contributed by atoms with Crippen molar-refractivity contribution < 1.29 is 14.3 Å². The lowest BCUT2D eigenvalue weighted by Crippen LogP contribution is -2.34. The normalized spacial score (nSPS) is 22.7. The Morgan fingerprint density at radius 1 is 1.53 bits per heavy atom. The summed E-state index contributed by atoms with van der Waals surface area (Å²) in [7, 11) is 1.43. The molecule has 1 aliphatic carbocycles. The Kier molecular flexibility index (Phi) is 3.99. The maximum Gasteiger partial charge on any atom is 0.308 e. The lowest BCUT2D eigenvalue weighted by Gasteiger charge is -2.32. The summed E-state index contributed by atoms with van der Waals surface area (Å²) in [6.07, 6.45) is 3.40. The molecule has 4 nitrogen and oxygen atoms in total. The van der Waals surface area contributed by atoms with Gasteiger partial charge in [-0.15, -0.1) is 0 Å². The van der Waals surface area contributed by atoms with E-state index >= 15 is 0 Å². The van der Waals surface area contributed by atoms with Gasteiger partial charge >= 0.3 is 5.97 Å². The predicted octanol–water partition coefficient (Wildman–Crippen LogP) is 2.42. The van der Waals surface area contributed by atoms with Crippen LogP contribution in [0.5, 0.6) is 5.88 Å². The Bertz CT molecular complexity index is 387. The third-order valence-corrected chi connectivity index (χ3v) is 3.41. The number of hydrogen-bond acceptors (Lipinski definition) is 4. The van der Waals surface area contributed by atoms with Crippen molar-refractivity contribution >= 4 is 21.9 Å². The van der Waals surface area contributed by atoms with E-state index in [1.54, 1.807) is 6.20 Å². The maximum atomic E-state index is 11.2. The van der Waals surface area contributed by atoms with Crippen molar-refractivity contribution in [2.45, 2.75) is 12.8 Å². The Hall–Kier alpha value is -1.10. The average Bonchev–Trinajstić information content (AvgIpc) is 2.29. The first-order chi connectivity index (χ1) is 8.19. The highest BCUT2D eigenvalue weighted by molar-refractivity contribution is 9.10. The zero-order valence-corrected chi connectivity index (χ0v) is 11.1. The summed E-state index contributed by atoms with van der Waals surface area (Å²) in [6.45, 7) is 0.613. The van der Waals surface area contributed by atoms with Crippen LogP contribution in [-0.2, 0) is 9.53 Å². The van der Waals surface area contributed by atoms with Crippen LogP contribution in [0.3, 0.4) is 0 Å². The lowest BCUT2D eigenvalue weighted by atomic mass is 9.75. The van der Waals surface area contributed by atoms with E-state index in [4.69, 9.17) is 4.74 Å². The minimum atomic E-state index is -0.108. The Morgan fingerprint density at radius 3 is 2.88 bits per heavy atom. The molecule has 5 heteroatoms. The third kappa shape index (κ3) is 3.19. The van der Waals surface area contributed by atoms with Gasteiger partial charge in [0.2, 0.25) is 5.88 Å². The first kappa shape index (κ1) is 12.4. The monoisotopic (exact) mass is 299 g/mol. The van der Waals surface area contributed by atoms with E-state index in [9.17, 15) is 4.79 Å². The average molecular weight is 300 g/mol. The summed E-state index contributed by atoms with van der Waals surface area (Å²) in [6, 6.07) is 3.71. The second-order valence-corrected chi connectivity index (χ2v) is 5.10. The number of nitrogens with zero attached hydrogens (tertiary/aromatic N) is 1. The Balaban J connectivity index is 1.71. The SMILES string of the molecule is COC(=O)C1CC(COc2ccc(Br)cn2)C1. The van der Waals surface area contributed by atoms with Crippen LogP contribution in [-0.4, -0.2) is 24.7 Å². The molecule has 2 rings (SSSR count). The minimum Gasteiger partial charge on any atom is -0.477 e. The fourth-order valence-electron chi connectivity index (χ4n) is 1.88. The molecule has 0 unspecified atom stereocenters. The third-order valence-electron chi connectivity index (χ3n) is 2.94. The number of halogens is 1. The van der Waals surface area contributed by atoms with E-state index in [0.29, 0.717) is 18.4 Å². The van der Waals surface area contributed by atoms with Crippen molar-refractivity contribution in [2.75, 3.05) is 13.7 Å². The molecule has 0 amide bonds. The van der Waals surface area contributed by atoms with E-state index in [1.807, 2.05) is 12.1 Å². The highest BCUT2D eigenvalue weighted by Crippen LogP contribution is 2.34. The summed E-state index contributed by atoms with van der Waals surface area (Å²) in [5.41, 5.74) is 0. The van der Waals surface area contributed by atoms with Gasteiger partial charge in [0.1, 0.15) is 0 Å². The molecule has 0 atom stereocenters. The first-order valence-electron chi connectivity index (χ1n) is 5.51. The molecule has 1 aromatic rings. The number of carbonyl (C=O) groups excluding carboxylic acids is 1. The van der Waals surface area contributed by atoms with Gasteiger partial charge in [-0.25, -0.2) is 4.98 Å². The molecule has 0 bridgehead atoms. The second-order valence-electron chi connectivity index (χ2n) is 4.18. The lowest BCUT2D eigenvalue weighted by molar-refractivity contribution is -0.150. The van der Waals surface area contributed by atoms with Crippen LogP contribution in [0.2, 0.25) is 0 Å². The van der Waals surface area contributed by atoms with Gasteiger partial charge in [0.05, 0.1) is 19.6 Å². The molecule has 0 spiro atoms. The van der Waals surface area contributed by atoms with E-state index in [1.165, 1.54) is 7.11 Å². The molecule has 0 aromatic carbocycles. The summed E-state index contributed by atoms with van der Waals surface area (Å²) in [5.74, 6) is 1.01. The molecule has 0 radical (unpaired) electrons. The molecular formula is C12H14BrNO3. The van der Waals surface area contributed by atoms with Crippen molar-refractivity contribution in [1.82, 2.24) is 4.98 Å². The van der Waals surface area contributed by atoms with E-state index in [0.717, 1.165) is 17.3 Å². The number of hydrogen-bond donors (Lipinski definition) is 0. The van der Waals surface area contributed by atoms with Gasteiger partial charge in [0.25, 0.3) is 0 Å². The van der Waals surface area contributed by atoms with Crippen molar-refractivity contribution in [2.24, 2.45) is 11.8 Å². The molecular weight excluding hydrogens is 286 g/mol. The predicted molar refractivity (Wildman–Crippen MR) is 65.7 cm³/mol. The largest absolute Gasteiger partial charge is 0.477 e. The van der Waals surface area contributed by atoms with Gasteiger partial charge in [0, 0.05) is 16.7 Å². The van der Waals surface area contributed by atoms with Gasteiger partial charge in [0.15, 0.2) is 0 Å². The molecule has 0 N–H and O–H groups in total. The number of ether oxygens (including phenoxy) is 2. The molecule has 1 aliphatic rings. The quantitative estimate of drug-likeness (QED) is 0.801. The highest BCUT2D eigenvalue weighted by atomic mass is 79.9. The van der Waals surface area contributed by atoms with Crippen LogP contribution in [0.1, 0.15) is 12.8 Å².